The van der Waals surface area contributed by atoms with E-state index in [9.17, 15) is 14.0 Å². The van der Waals surface area contributed by atoms with Crippen LogP contribution in [0.5, 0.6) is 0 Å². The molecule has 7 nitrogen and oxygen atoms in total. The number of hydrogen-bond donors (Lipinski definition) is 1. The molecule has 1 aliphatic heterocycles. The van der Waals surface area contributed by atoms with Gasteiger partial charge in [0.05, 0.1) is 5.56 Å². The highest BCUT2D eigenvalue weighted by molar-refractivity contribution is 5.94. The number of esters is 1. The number of nitrogens with zero attached hydrogens (tertiary/aromatic N) is 3. The van der Waals surface area contributed by atoms with Crippen molar-refractivity contribution in [2.45, 2.75) is 38.0 Å². The third-order valence-corrected chi connectivity index (χ3v) is 6.29. The molecule has 2 aromatic heterocycles. The van der Waals surface area contributed by atoms with Crippen LogP contribution in [0.3, 0.4) is 0 Å². The third-order valence-electron chi connectivity index (χ3n) is 6.29. The van der Waals surface area contributed by atoms with E-state index in [0.29, 0.717) is 36.8 Å². The van der Waals surface area contributed by atoms with E-state index < -0.39 is 12.3 Å². The molecule has 1 aliphatic carbocycles. The molecule has 0 atom stereocenters. The number of alkyl halides is 1. The maximum atomic E-state index is 12.9. The van der Waals surface area contributed by atoms with Gasteiger partial charge in [0, 0.05) is 41.8 Å². The molecule has 3 aromatic rings. The number of nitrogens with one attached hydrogen (secondary N) is 1. The average molecular weight is 432 g/mol. The quantitative estimate of drug-likeness (QED) is 0.621. The van der Waals surface area contributed by atoms with Crippen LogP contribution >= 0.6 is 0 Å². The van der Waals surface area contributed by atoms with Gasteiger partial charge in [-0.25, -0.2) is 19.2 Å². The highest BCUT2D eigenvalue weighted by Crippen LogP contribution is 2.47. The molecule has 0 bridgehead atoms. The van der Waals surface area contributed by atoms with Gasteiger partial charge in [0.1, 0.15) is 12.3 Å². The van der Waals surface area contributed by atoms with Crippen LogP contribution in [0.15, 0.2) is 55.1 Å². The second kappa shape index (κ2) is 8.11. The van der Waals surface area contributed by atoms with Gasteiger partial charge in [0.25, 0.3) is 0 Å². The minimum absolute atomic E-state index is 0.147. The predicted octanol–water partition coefficient (Wildman–Crippen LogP) is 4.20. The molecule has 1 N–H and O–H groups in total. The van der Waals surface area contributed by atoms with E-state index in [0.717, 1.165) is 16.7 Å². The Labute approximate surface area is 184 Å². The van der Waals surface area contributed by atoms with E-state index in [1.165, 1.54) is 0 Å². The molecule has 0 radical (unpaired) electrons. The van der Waals surface area contributed by atoms with Crippen molar-refractivity contribution in [3.05, 3.63) is 71.8 Å². The summed E-state index contributed by atoms with van der Waals surface area (Å²) in [6, 6.07) is 8.94. The van der Waals surface area contributed by atoms with E-state index in [1.807, 2.05) is 12.1 Å². The van der Waals surface area contributed by atoms with Gasteiger partial charge in [-0.15, -0.1) is 0 Å². The summed E-state index contributed by atoms with van der Waals surface area (Å²) in [4.78, 5) is 37.5. The SMILES string of the molecule is O=C1OC2(CCC(C(=O)Nc3ncc(-c4cccc(CF)c4)cn3)CC2)c2ccncc21. The molecule has 3 heterocycles. The molecular formula is C24H21FN4O3. The van der Waals surface area contributed by atoms with Gasteiger partial charge in [-0.05, 0) is 48.9 Å². The zero-order chi connectivity index (χ0) is 22.1. The van der Waals surface area contributed by atoms with Crippen LogP contribution in [0.25, 0.3) is 11.1 Å². The topological polar surface area (TPSA) is 94.1 Å². The zero-order valence-electron chi connectivity index (χ0n) is 17.3. The second-order valence-corrected chi connectivity index (χ2v) is 8.20. The van der Waals surface area contributed by atoms with E-state index >= 15 is 0 Å². The van der Waals surface area contributed by atoms with E-state index in [2.05, 4.69) is 20.3 Å². The van der Waals surface area contributed by atoms with Crippen LogP contribution in [0.2, 0.25) is 0 Å². The number of anilines is 1. The summed E-state index contributed by atoms with van der Waals surface area (Å²) in [6.07, 6.45) is 8.77. The fourth-order valence-corrected chi connectivity index (χ4v) is 4.55. The first-order chi connectivity index (χ1) is 15.6. The highest BCUT2D eigenvalue weighted by atomic mass is 19.1. The Hall–Kier alpha value is -3.68. The summed E-state index contributed by atoms with van der Waals surface area (Å²) >= 11 is 0. The lowest BCUT2D eigenvalue weighted by Gasteiger charge is -2.35. The molecule has 1 saturated carbocycles. The number of carbonyl (C=O) groups excluding carboxylic acids is 2. The molecule has 0 saturated heterocycles. The number of aromatic nitrogens is 3. The molecule has 2 aliphatic rings. The van der Waals surface area contributed by atoms with E-state index in [-0.39, 0.29) is 23.7 Å². The number of hydrogen-bond acceptors (Lipinski definition) is 6. The number of rotatable bonds is 4. The molecule has 162 valence electrons. The Morgan fingerprint density at radius 3 is 2.66 bits per heavy atom. The maximum Gasteiger partial charge on any atom is 0.341 e. The zero-order valence-corrected chi connectivity index (χ0v) is 17.3. The first-order valence-corrected chi connectivity index (χ1v) is 10.5. The van der Waals surface area contributed by atoms with Crippen molar-refractivity contribution in [2.75, 3.05) is 5.32 Å². The van der Waals surface area contributed by atoms with Gasteiger partial charge in [0.15, 0.2) is 0 Å². The standard InChI is InChI=1S/C24H21FN4O3/c25-11-15-2-1-3-17(10-15)18-12-27-23(28-13-18)29-21(30)16-4-7-24(8-5-16)20-6-9-26-14-19(20)22(31)32-24/h1-3,6,9-10,12-14,16H,4-5,7-8,11H2,(H,27,28,29,30). The van der Waals surface area contributed by atoms with Crippen LogP contribution in [-0.2, 0) is 21.8 Å². The van der Waals surface area contributed by atoms with Gasteiger partial charge in [-0.2, -0.15) is 0 Å². The van der Waals surface area contributed by atoms with Crippen molar-refractivity contribution in [1.82, 2.24) is 15.0 Å². The summed E-state index contributed by atoms with van der Waals surface area (Å²) < 4.78 is 18.6. The van der Waals surface area contributed by atoms with E-state index in [1.54, 1.807) is 43.0 Å². The number of benzene rings is 1. The molecule has 0 unspecified atom stereocenters. The normalized spacial score (nSPS) is 21.8. The van der Waals surface area contributed by atoms with Crippen molar-refractivity contribution in [3.63, 3.8) is 0 Å². The Bertz CT molecular complexity index is 1170. The van der Waals surface area contributed by atoms with Crippen LogP contribution < -0.4 is 5.32 Å². The number of fused-ring (bicyclic) bond motifs is 2. The minimum atomic E-state index is -0.654. The Morgan fingerprint density at radius 2 is 1.91 bits per heavy atom. The monoisotopic (exact) mass is 432 g/mol. The van der Waals surface area contributed by atoms with Gasteiger partial charge < -0.3 is 4.74 Å². The Morgan fingerprint density at radius 1 is 1.12 bits per heavy atom. The number of carbonyl (C=O) groups is 2. The molecule has 1 aromatic carbocycles. The lowest BCUT2D eigenvalue weighted by Crippen LogP contribution is -2.36. The molecule has 1 amide bonds. The first-order valence-electron chi connectivity index (χ1n) is 10.5. The second-order valence-electron chi connectivity index (χ2n) is 8.20. The summed E-state index contributed by atoms with van der Waals surface area (Å²) in [7, 11) is 0. The maximum absolute atomic E-state index is 12.9. The summed E-state index contributed by atoms with van der Waals surface area (Å²) in [5.41, 5.74) is 2.87. The van der Waals surface area contributed by atoms with Crippen LogP contribution in [0, 0.1) is 5.92 Å². The van der Waals surface area contributed by atoms with Crippen molar-refractivity contribution in [2.24, 2.45) is 5.92 Å². The first kappa shape index (κ1) is 20.2. The Kier molecular flexibility index (Phi) is 5.13. The Balaban J connectivity index is 1.23. The molecule has 1 spiro atoms. The van der Waals surface area contributed by atoms with Gasteiger partial charge >= 0.3 is 5.97 Å². The lowest BCUT2D eigenvalue weighted by molar-refractivity contribution is -0.122. The van der Waals surface area contributed by atoms with Crippen LogP contribution in [0.4, 0.5) is 10.3 Å². The molecule has 5 rings (SSSR count). The predicted molar refractivity (Wildman–Crippen MR) is 114 cm³/mol. The number of amides is 1. The minimum Gasteiger partial charge on any atom is -0.451 e. The van der Waals surface area contributed by atoms with Crippen LogP contribution in [-0.4, -0.2) is 26.8 Å². The fourth-order valence-electron chi connectivity index (χ4n) is 4.55. The summed E-state index contributed by atoms with van der Waals surface area (Å²) in [5, 5.41) is 2.78. The van der Waals surface area contributed by atoms with Crippen molar-refractivity contribution < 1.29 is 18.7 Å². The van der Waals surface area contributed by atoms with Crippen molar-refractivity contribution >= 4 is 17.8 Å². The number of halogens is 1. The highest BCUT2D eigenvalue weighted by Gasteiger charge is 2.48. The van der Waals surface area contributed by atoms with Crippen molar-refractivity contribution in [1.29, 1.82) is 0 Å². The summed E-state index contributed by atoms with van der Waals surface area (Å²) in [6.45, 7) is -0.535. The smallest absolute Gasteiger partial charge is 0.341 e. The van der Waals surface area contributed by atoms with E-state index in [4.69, 9.17) is 4.74 Å². The molecule has 8 heteroatoms. The van der Waals surface area contributed by atoms with Gasteiger partial charge in [-0.1, -0.05) is 18.2 Å². The largest absolute Gasteiger partial charge is 0.451 e. The molecular weight excluding hydrogens is 411 g/mol. The van der Waals surface area contributed by atoms with Crippen LogP contribution in [0.1, 0.15) is 47.2 Å². The number of pyridine rings is 1. The number of ether oxygens (including phenoxy) is 1. The third kappa shape index (κ3) is 3.62. The fraction of sp³-hybridized carbons (Fsp3) is 0.292. The molecule has 32 heavy (non-hydrogen) atoms. The molecule has 1 fully saturated rings. The average Bonchev–Trinajstić information content (AvgIpc) is 3.11. The lowest BCUT2D eigenvalue weighted by atomic mass is 9.75. The summed E-state index contributed by atoms with van der Waals surface area (Å²) in [5.74, 6) is -0.480. The van der Waals surface area contributed by atoms with Crippen molar-refractivity contribution in [3.8, 4) is 11.1 Å². The van der Waals surface area contributed by atoms with Gasteiger partial charge in [-0.3, -0.25) is 15.1 Å². The van der Waals surface area contributed by atoms with Gasteiger partial charge in [0.2, 0.25) is 11.9 Å².